The van der Waals surface area contributed by atoms with Crippen LogP contribution >= 0.6 is 0 Å². The van der Waals surface area contributed by atoms with E-state index in [1.54, 1.807) is 6.20 Å². The number of ether oxygens (including phenoxy) is 2. The van der Waals surface area contributed by atoms with Gasteiger partial charge in [0.05, 0.1) is 0 Å². The minimum absolute atomic E-state index is 0.0342. The fourth-order valence-electron chi connectivity index (χ4n) is 2.19. The number of rotatable bonds is 4. The molecule has 21 heavy (non-hydrogen) atoms. The number of aryl methyl sites for hydroxylation is 1. The van der Waals surface area contributed by atoms with Crippen LogP contribution in [0.2, 0.25) is 0 Å². The van der Waals surface area contributed by atoms with Crippen LogP contribution in [0.25, 0.3) is 0 Å². The summed E-state index contributed by atoms with van der Waals surface area (Å²) in [5, 5.41) is 3.26. The number of nitrogens with two attached hydrogens (primary N) is 1. The number of para-hydroxylation sites is 2. The summed E-state index contributed by atoms with van der Waals surface area (Å²) in [6.07, 6.45) is 2.56. The Hall–Kier alpha value is -2.50. The van der Waals surface area contributed by atoms with E-state index in [1.165, 1.54) is 0 Å². The number of benzene rings is 1. The van der Waals surface area contributed by atoms with Gasteiger partial charge in [-0.05, 0) is 19.1 Å². The van der Waals surface area contributed by atoms with Gasteiger partial charge in [-0.2, -0.15) is 4.98 Å². The molecule has 1 aliphatic rings. The molecule has 0 spiro atoms. The van der Waals surface area contributed by atoms with Crippen molar-refractivity contribution in [1.29, 1.82) is 0 Å². The molecule has 0 fully saturated rings. The number of fused-ring (bicyclic) bond motifs is 1. The van der Waals surface area contributed by atoms with Gasteiger partial charge in [0.1, 0.15) is 18.5 Å². The van der Waals surface area contributed by atoms with Crippen molar-refractivity contribution in [2.45, 2.75) is 19.4 Å². The van der Waals surface area contributed by atoms with Gasteiger partial charge in [-0.1, -0.05) is 12.1 Å². The third kappa shape index (κ3) is 3.16. The van der Waals surface area contributed by atoms with Gasteiger partial charge in [-0.25, -0.2) is 4.98 Å². The van der Waals surface area contributed by atoms with Crippen molar-refractivity contribution in [1.82, 2.24) is 9.97 Å². The standard InChI is InChI=1S/C15H18N4O2/c1-10-8-18-15(16)19-14(10)17-7-6-11-9-20-12-4-2-3-5-13(12)21-11/h2-5,8,11H,6-7,9H2,1H3,(H3,16,17,18,19). The van der Waals surface area contributed by atoms with Gasteiger partial charge < -0.3 is 20.5 Å². The van der Waals surface area contributed by atoms with Crippen LogP contribution in [0.4, 0.5) is 11.8 Å². The molecule has 1 aliphatic heterocycles. The maximum atomic E-state index is 5.90. The highest BCUT2D eigenvalue weighted by molar-refractivity contribution is 5.45. The van der Waals surface area contributed by atoms with E-state index >= 15 is 0 Å². The second-order valence-electron chi connectivity index (χ2n) is 4.97. The average molecular weight is 286 g/mol. The minimum Gasteiger partial charge on any atom is -0.486 e. The molecule has 3 N–H and O–H groups in total. The first-order chi connectivity index (χ1) is 10.2. The van der Waals surface area contributed by atoms with E-state index in [9.17, 15) is 0 Å². The van der Waals surface area contributed by atoms with Crippen molar-refractivity contribution < 1.29 is 9.47 Å². The van der Waals surface area contributed by atoms with E-state index in [2.05, 4.69) is 15.3 Å². The van der Waals surface area contributed by atoms with Gasteiger partial charge in [-0.3, -0.25) is 0 Å². The van der Waals surface area contributed by atoms with Gasteiger partial charge >= 0.3 is 0 Å². The number of hydrogen-bond donors (Lipinski definition) is 2. The lowest BCUT2D eigenvalue weighted by molar-refractivity contribution is 0.0873. The lowest BCUT2D eigenvalue weighted by Gasteiger charge is -2.26. The third-order valence-corrected chi connectivity index (χ3v) is 3.32. The normalized spacial score (nSPS) is 16.5. The zero-order valence-electron chi connectivity index (χ0n) is 11.9. The van der Waals surface area contributed by atoms with Gasteiger partial charge in [-0.15, -0.1) is 0 Å². The predicted octanol–water partition coefficient (Wildman–Crippen LogP) is 2.01. The Kier molecular flexibility index (Phi) is 3.77. The third-order valence-electron chi connectivity index (χ3n) is 3.32. The molecule has 1 unspecified atom stereocenters. The van der Waals surface area contributed by atoms with Crippen LogP contribution in [0.5, 0.6) is 11.5 Å². The molecule has 2 aromatic rings. The second-order valence-corrected chi connectivity index (χ2v) is 4.97. The first-order valence-corrected chi connectivity index (χ1v) is 6.94. The van der Waals surface area contributed by atoms with Crippen molar-refractivity contribution in [3.8, 4) is 11.5 Å². The van der Waals surface area contributed by atoms with Crippen molar-refractivity contribution in [2.24, 2.45) is 0 Å². The highest BCUT2D eigenvalue weighted by Gasteiger charge is 2.20. The Bertz CT molecular complexity index is 633. The van der Waals surface area contributed by atoms with Crippen LogP contribution in [0.15, 0.2) is 30.5 Å². The van der Waals surface area contributed by atoms with Crippen LogP contribution in [-0.4, -0.2) is 29.2 Å². The van der Waals surface area contributed by atoms with Crippen molar-refractivity contribution in [3.05, 3.63) is 36.0 Å². The molecule has 6 nitrogen and oxygen atoms in total. The fourth-order valence-corrected chi connectivity index (χ4v) is 2.19. The van der Waals surface area contributed by atoms with E-state index in [-0.39, 0.29) is 12.1 Å². The smallest absolute Gasteiger partial charge is 0.221 e. The topological polar surface area (TPSA) is 82.3 Å². The number of nitrogens with one attached hydrogen (secondary N) is 1. The number of aromatic nitrogens is 2. The summed E-state index contributed by atoms with van der Waals surface area (Å²) < 4.78 is 11.6. The quantitative estimate of drug-likeness (QED) is 0.894. The maximum Gasteiger partial charge on any atom is 0.221 e. The minimum atomic E-state index is 0.0342. The summed E-state index contributed by atoms with van der Waals surface area (Å²) in [5.74, 6) is 2.64. The zero-order valence-corrected chi connectivity index (χ0v) is 11.9. The van der Waals surface area contributed by atoms with Gasteiger partial charge in [0.15, 0.2) is 11.5 Å². The van der Waals surface area contributed by atoms with Gasteiger partial charge in [0, 0.05) is 24.7 Å². The molecule has 2 heterocycles. The number of hydrogen-bond acceptors (Lipinski definition) is 6. The van der Waals surface area contributed by atoms with E-state index in [4.69, 9.17) is 15.2 Å². The summed E-state index contributed by atoms with van der Waals surface area (Å²) in [7, 11) is 0. The van der Waals surface area contributed by atoms with Crippen molar-refractivity contribution >= 4 is 11.8 Å². The molecule has 3 rings (SSSR count). The van der Waals surface area contributed by atoms with Gasteiger partial charge in [0.2, 0.25) is 5.95 Å². The largest absolute Gasteiger partial charge is 0.486 e. The van der Waals surface area contributed by atoms with Gasteiger partial charge in [0.25, 0.3) is 0 Å². The fraction of sp³-hybridized carbons (Fsp3) is 0.333. The zero-order chi connectivity index (χ0) is 14.7. The first kappa shape index (κ1) is 13.5. The Morgan fingerprint density at radius 2 is 2.14 bits per heavy atom. The number of nitrogens with zero attached hydrogens (tertiary/aromatic N) is 2. The summed E-state index contributed by atoms with van der Waals surface area (Å²) in [6, 6.07) is 7.71. The Morgan fingerprint density at radius 3 is 3.00 bits per heavy atom. The molecule has 0 saturated heterocycles. The molecule has 0 amide bonds. The van der Waals surface area contributed by atoms with E-state index < -0.39 is 0 Å². The molecule has 0 saturated carbocycles. The summed E-state index contributed by atoms with van der Waals surface area (Å²) >= 11 is 0. The molecular weight excluding hydrogens is 268 g/mol. The Morgan fingerprint density at radius 1 is 1.33 bits per heavy atom. The SMILES string of the molecule is Cc1cnc(N)nc1NCCC1COc2ccccc2O1. The Labute approximate surface area is 123 Å². The molecule has 1 aromatic heterocycles. The number of nitrogen functional groups attached to an aromatic ring is 1. The van der Waals surface area contributed by atoms with E-state index in [1.807, 2.05) is 31.2 Å². The van der Waals surface area contributed by atoms with Crippen LogP contribution in [0.3, 0.4) is 0 Å². The van der Waals surface area contributed by atoms with Crippen molar-refractivity contribution in [3.63, 3.8) is 0 Å². The number of anilines is 2. The lowest BCUT2D eigenvalue weighted by Crippen LogP contribution is -2.31. The molecule has 6 heteroatoms. The van der Waals surface area contributed by atoms with Crippen LogP contribution < -0.4 is 20.5 Å². The van der Waals surface area contributed by atoms with E-state index in [0.717, 1.165) is 35.8 Å². The molecule has 110 valence electrons. The highest BCUT2D eigenvalue weighted by atomic mass is 16.6. The molecule has 0 aliphatic carbocycles. The van der Waals surface area contributed by atoms with Crippen LogP contribution in [0.1, 0.15) is 12.0 Å². The van der Waals surface area contributed by atoms with Crippen LogP contribution in [-0.2, 0) is 0 Å². The molecule has 0 bridgehead atoms. The maximum absolute atomic E-state index is 5.90. The second kappa shape index (κ2) is 5.87. The van der Waals surface area contributed by atoms with E-state index in [0.29, 0.717) is 6.61 Å². The average Bonchev–Trinajstić information content (AvgIpc) is 2.50. The summed E-state index contributed by atoms with van der Waals surface area (Å²) in [4.78, 5) is 8.12. The first-order valence-electron chi connectivity index (χ1n) is 6.94. The molecular formula is C15H18N4O2. The predicted molar refractivity (Wildman–Crippen MR) is 80.6 cm³/mol. The monoisotopic (exact) mass is 286 g/mol. The summed E-state index contributed by atoms with van der Waals surface area (Å²) in [6.45, 7) is 3.23. The molecule has 1 aromatic carbocycles. The van der Waals surface area contributed by atoms with Crippen molar-refractivity contribution in [2.75, 3.05) is 24.2 Å². The highest BCUT2D eigenvalue weighted by Crippen LogP contribution is 2.31. The Balaban J connectivity index is 1.54. The summed E-state index contributed by atoms with van der Waals surface area (Å²) in [5.41, 5.74) is 6.56. The lowest BCUT2D eigenvalue weighted by atomic mass is 10.2. The van der Waals surface area contributed by atoms with Crippen LogP contribution in [0, 0.1) is 6.92 Å². The molecule has 0 radical (unpaired) electrons. The molecule has 1 atom stereocenters.